The van der Waals surface area contributed by atoms with E-state index in [1.807, 2.05) is 36.6 Å². The predicted molar refractivity (Wildman–Crippen MR) is 94.9 cm³/mol. The smallest absolute Gasteiger partial charge is 0.319 e. The number of nitrogens with one attached hydrogen (secondary N) is 2. The Bertz CT molecular complexity index is 674. The maximum absolute atomic E-state index is 12.1. The van der Waals surface area contributed by atoms with Gasteiger partial charge in [-0.15, -0.1) is 5.10 Å². The van der Waals surface area contributed by atoms with Crippen molar-refractivity contribution in [2.24, 2.45) is 5.41 Å². The van der Waals surface area contributed by atoms with Gasteiger partial charge in [0.25, 0.3) is 0 Å². The zero-order valence-electron chi connectivity index (χ0n) is 13.7. The summed E-state index contributed by atoms with van der Waals surface area (Å²) >= 11 is 1.31. The Labute approximate surface area is 145 Å². The quantitative estimate of drug-likeness (QED) is 0.793. The van der Waals surface area contributed by atoms with E-state index in [0.717, 1.165) is 36.9 Å². The number of amides is 2. The van der Waals surface area contributed by atoms with E-state index in [9.17, 15) is 9.90 Å². The highest BCUT2D eigenvalue weighted by Crippen LogP contribution is 2.35. The standard InChI is InChI=1S/C17H22N4O2S/c1-17(9-3-2-4-15(17)22)11-18-16(23)19-13-7-5-12(6-8-13)14-10-24-21-20-14/h5-8,10,15,22H,2-4,9,11H2,1H3,(H2,18,19,23)/t15-,17+/m1/s1. The maximum Gasteiger partial charge on any atom is 0.319 e. The molecule has 1 aliphatic rings. The van der Waals surface area contributed by atoms with Crippen LogP contribution in [-0.2, 0) is 0 Å². The first-order valence-electron chi connectivity index (χ1n) is 8.17. The SMILES string of the molecule is C[C@@]1(CNC(=O)Nc2ccc(-c3csnn3)cc2)CCCC[C@H]1O. The average Bonchev–Trinajstić information content (AvgIpc) is 3.11. The lowest BCUT2D eigenvalue weighted by Gasteiger charge is -2.38. The molecule has 1 heterocycles. The maximum atomic E-state index is 12.1. The number of aliphatic hydroxyl groups excluding tert-OH is 1. The molecule has 0 bridgehead atoms. The molecule has 2 aromatic rings. The zero-order chi connectivity index (χ0) is 17.0. The molecule has 1 saturated carbocycles. The van der Waals surface area contributed by atoms with Gasteiger partial charge in [-0.25, -0.2) is 4.79 Å². The summed E-state index contributed by atoms with van der Waals surface area (Å²) in [4.78, 5) is 12.1. The van der Waals surface area contributed by atoms with E-state index in [1.165, 1.54) is 11.5 Å². The number of hydrogen-bond acceptors (Lipinski definition) is 5. The third-order valence-corrected chi connectivity index (χ3v) is 5.24. The van der Waals surface area contributed by atoms with Gasteiger partial charge in [-0.05, 0) is 36.5 Å². The molecule has 1 fully saturated rings. The lowest BCUT2D eigenvalue weighted by molar-refractivity contribution is 0.00333. The molecule has 1 aromatic heterocycles. The van der Waals surface area contributed by atoms with Crippen LogP contribution in [-0.4, -0.2) is 33.4 Å². The Kier molecular flexibility index (Phi) is 5.11. The molecule has 0 unspecified atom stereocenters. The summed E-state index contributed by atoms with van der Waals surface area (Å²) in [5.74, 6) is 0. The van der Waals surface area contributed by atoms with Crippen molar-refractivity contribution >= 4 is 23.3 Å². The minimum Gasteiger partial charge on any atom is -0.392 e. The fourth-order valence-electron chi connectivity index (χ4n) is 3.06. The minimum atomic E-state index is -0.349. The van der Waals surface area contributed by atoms with Gasteiger partial charge in [0.05, 0.1) is 6.10 Å². The Morgan fingerprint density at radius 2 is 2.17 bits per heavy atom. The zero-order valence-corrected chi connectivity index (χ0v) is 14.5. The number of rotatable bonds is 4. The second kappa shape index (κ2) is 7.27. The number of anilines is 1. The molecule has 0 aliphatic heterocycles. The van der Waals surface area contributed by atoms with E-state index in [1.54, 1.807) is 0 Å². The predicted octanol–water partition coefficient (Wildman–Crippen LogP) is 3.27. The normalized spacial score (nSPS) is 23.7. The van der Waals surface area contributed by atoms with Gasteiger partial charge in [-0.2, -0.15) is 0 Å². The number of hydrogen-bond donors (Lipinski definition) is 3. The van der Waals surface area contributed by atoms with E-state index in [4.69, 9.17) is 0 Å². The molecule has 7 heteroatoms. The Morgan fingerprint density at radius 3 is 2.83 bits per heavy atom. The molecular weight excluding hydrogens is 324 g/mol. The van der Waals surface area contributed by atoms with Crippen molar-refractivity contribution in [2.75, 3.05) is 11.9 Å². The van der Waals surface area contributed by atoms with Gasteiger partial charge in [0.2, 0.25) is 0 Å². The van der Waals surface area contributed by atoms with E-state index in [2.05, 4.69) is 20.2 Å². The number of urea groups is 1. The van der Waals surface area contributed by atoms with Crippen LogP contribution in [0.15, 0.2) is 29.6 Å². The van der Waals surface area contributed by atoms with E-state index >= 15 is 0 Å². The minimum absolute atomic E-state index is 0.239. The fourth-order valence-corrected chi connectivity index (χ4v) is 3.53. The lowest BCUT2D eigenvalue weighted by atomic mass is 9.73. The highest BCUT2D eigenvalue weighted by molar-refractivity contribution is 7.03. The summed E-state index contributed by atoms with van der Waals surface area (Å²) in [5, 5.41) is 21.8. The number of aliphatic hydroxyl groups is 1. The van der Waals surface area contributed by atoms with Crippen LogP contribution < -0.4 is 10.6 Å². The summed E-state index contributed by atoms with van der Waals surface area (Å²) < 4.78 is 3.84. The summed E-state index contributed by atoms with van der Waals surface area (Å²) in [5.41, 5.74) is 2.27. The van der Waals surface area contributed by atoms with Crippen molar-refractivity contribution in [1.82, 2.24) is 14.9 Å². The number of carbonyl (C=O) groups excluding carboxylic acids is 1. The van der Waals surface area contributed by atoms with Crippen LogP contribution in [0, 0.1) is 5.41 Å². The Morgan fingerprint density at radius 1 is 1.38 bits per heavy atom. The second-order valence-corrected chi connectivity index (χ2v) is 7.20. The van der Waals surface area contributed by atoms with Crippen LogP contribution in [0.25, 0.3) is 11.3 Å². The molecule has 1 aromatic carbocycles. The number of aromatic nitrogens is 2. The molecule has 128 valence electrons. The lowest BCUT2D eigenvalue weighted by Crippen LogP contribution is -2.46. The molecular formula is C17H22N4O2S. The molecule has 0 spiro atoms. The average molecular weight is 346 g/mol. The van der Waals surface area contributed by atoms with Crippen LogP contribution in [0.5, 0.6) is 0 Å². The monoisotopic (exact) mass is 346 g/mol. The van der Waals surface area contributed by atoms with Gasteiger partial charge in [-0.3, -0.25) is 0 Å². The van der Waals surface area contributed by atoms with Crippen LogP contribution in [0.3, 0.4) is 0 Å². The summed E-state index contributed by atoms with van der Waals surface area (Å²) in [6.45, 7) is 2.51. The van der Waals surface area contributed by atoms with E-state index in [0.29, 0.717) is 12.2 Å². The Hall–Kier alpha value is -1.99. The van der Waals surface area contributed by atoms with Gasteiger partial charge in [0.15, 0.2) is 0 Å². The third kappa shape index (κ3) is 3.91. The highest BCUT2D eigenvalue weighted by atomic mass is 32.1. The third-order valence-electron chi connectivity index (χ3n) is 4.73. The number of benzene rings is 1. The van der Waals surface area contributed by atoms with Gasteiger partial charge >= 0.3 is 6.03 Å². The van der Waals surface area contributed by atoms with Crippen LogP contribution in [0.1, 0.15) is 32.6 Å². The van der Waals surface area contributed by atoms with E-state index in [-0.39, 0.29) is 17.6 Å². The van der Waals surface area contributed by atoms with Crippen molar-refractivity contribution in [1.29, 1.82) is 0 Å². The summed E-state index contributed by atoms with van der Waals surface area (Å²) in [6.07, 6.45) is 3.56. The molecule has 6 nitrogen and oxygen atoms in total. The largest absolute Gasteiger partial charge is 0.392 e. The first-order valence-corrected chi connectivity index (χ1v) is 9.01. The van der Waals surface area contributed by atoms with Crippen molar-refractivity contribution in [2.45, 2.75) is 38.7 Å². The Balaban J connectivity index is 1.53. The van der Waals surface area contributed by atoms with Crippen molar-refractivity contribution < 1.29 is 9.90 Å². The molecule has 2 atom stereocenters. The molecule has 3 rings (SSSR count). The van der Waals surface area contributed by atoms with Crippen LogP contribution >= 0.6 is 11.5 Å². The fraction of sp³-hybridized carbons (Fsp3) is 0.471. The molecule has 3 N–H and O–H groups in total. The van der Waals surface area contributed by atoms with Crippen molar-refractivity contribution in [3.63, 3.8) is 0 Å². The second-order valence-electron chi connectivity index (χ2n) is 6.59. The van der Waals surface area contributed by atoms with Gasteiger partial charge < -0.3 is 15.7 Å². The molecule has 1 aliphatic carbocycles. The first-order chi connectivity index (χ1) is 11.6. The topological polar surface area (TPSA) is 87.1 Å². The highest BCUT2D eigenvalue weighted by Gasteiger charge is 2.35. The van der Waals surface area contributed by atoms with Gasteiger partial charge in [-0.1, -0.05) is 36.4 Å². The van der Waals surface area contributed by atoms with Crippen molar-refractivity contribution in [3.05, 3.63) is 29.6 Å². The molecule has 24 heavy (non-hydrogen) atoms. The number of nitrogens with zero attached hydrogens (tertiary/aromatic N) is 2. The summed E-state index contributed by atoms with van der Waals surface area (Å²) in [7, 11) is 0. The molecule has 0 radical (unpaired) electrons. The summed E-state index contributed by atoms with van der Waals surface area (Å²) in [6, 6.07) is 7.23. The van der Waals surface area contributed by atoms with Crippen LogP contribution in [0.2, 0.25) is 0 Å². The van der Waals surface area contributed by atoms with Crippen molar-refractivity contribution in [3.8, 4) is 11.3 Å². The van der Waals surface area contributed by atoms with Crippen LogP contribution in [0.4, 0.5) is 10.5 Å². The molecule has 2 amide bonds. The van der Waals surface area contributed by atoms with Gasteiger partial charge in [0.1, 0.15) is 5.69 Å². The number of carbonyl (C=O) groups is 1. The first kappa shape index (κ1) is 16.9. The molecule has 0 saturated heterocycles. The van der Waals surface area contributed by atoms with E-state index < -0.39 is 0 Å². The van der Waals surface area contributed by atoms with Gasteiger partial charge in [0, 0.05) is 28.6 Å².